The van der Waals surface area contributed by atoms with E-state index < -0.39 is 0 Å². The van der Waals surface area contributed by atoms with Crippen LogP contribution in [-0.4, -0.2) is 22.1 Å². The van der Waals surface area contributed by atoms with Crippen molar-refractivity contribution in [1.82, 2.24) is 15.0 Å². The molecule has 126 valence electrons. The molecule has 9 heteroatoms. The van der Waals surface area contributed by atoms with Gasteiger partial charge in [0, 0.05) is 29.7 Å². The molecule has 3 aromatic rings. The summed E-state index contributed by atoms with van der Waals surface area (Å²) in [6.07, 6.45) is 3.27. The zero-order valence-electron chi connectivity index (χ0n) is 13.4. The molecule has 6 N–H and O–H groups in total. The minimum Gasteiger partial charge on any atom is -0.494 e. The van der Waals surface area contributed by atoms with Crippen LogP contribution >= 0.6 is 0 Å². The minimum absolute atomic E-state index is 0.115. The molecule has 0 unspecified atom stereocenters. The number of hydrogen-bond donors (Lipinski definition) is 3. The molecule has 0 aliphatic carbocycles. The van der Waals surface area contributed by atoms with Crippen molar-refractivity contribution < 1.29 is 4.74 Å². The molecule has 0 spiro atoms. The Hall–Kier alpha value is -3.75. The van der Waals surface area contributed by atoms with Gasteiger partial charge in [-0.3, -0.25) is 4.98 Å². The molecule has 0 amide bonds. The first kappa shape index (κ1) is 16.1. The van der Waals surface area contributed by atoms with Crippen molar-refractivity contribution in [2.75, 3.05) is 24.3 Å². The molecular formula is C16H16N8O. The van der Waals surface area contributed by atoms with Gasteiger partial charge in [0.2, 0.25) is 0 Å². The topological polar surface area (TPSA) is 151 Å². The maximum absolute atomic E-state index is 5.96. The SMILES string of the molecule is COc1cc(N)ccc1N=Nc1c(N)nc(-c2cccnc2)nc1N. The van der Waals surface area contributed by atoms with E-state index in [1.165, 1.54) is 7.11 Å². The molecule has 0 aliphatic rings. The predicted octanol–water partition coefficient (Wildman–Crippen LogP) is 2.71. The zero-order chi connectivity index (χ0) is 17.8. The normalized spacial score (nSPS) is 10.9. The maximum Gasteiger partial charge on any atom is 0.170 e. The Labute approximate surface area is 143 Å². The molecule has 25 heavy (non-hydrogen) atoms. The lowest BCUT2D eigenvalue weighted by atomic mass is 10.2. The van der Waals surface area contributed by atoms with Crippen molar-refractivity contribution in [3.05, 3.63) is 42.7 Å². The summed E-state index contributed by atoms with van der Waals surface area (Å²) in [5.74, 6) is 1.08. The highest BCUT2D eigenvalue weighted by Crippen LogP contribution is 2.34. The Morgan fingerprint density at radius 1 is 1.00 bits per heavy atom. The van der Waals surface area contributed by atoms with Crippen LogP contribution in [0.3, 0.4) is 0 Å². The standard InChI is InChI=1S/C16H16N8O/c1-25-12-7-10(17)4-5-11(12)23-24-13-14(18)21-16(22-15(13)19)9-3-2-6-20-8-9/h2-8H,17H2,1H3,(H4,18,19,21,22). The minimum atomic E-state index is 0.115. The Kier molecular flexibility index (Phi) is 4.38. The van der Waals surface area contributed by atoms with E-state index in [0.29, 0.717) is 28.5 Å². The van der Waals surface area contributed by atoms with Gasteiger partial charge in [-0.15, -0.1) is 10.2 Å². The smallest absolute Gasteiger partial charge is 0.170 e. The molecule has 1 aromatic carbocycles. The average Bonchev–Trinajstić information content (AvgIpc) is 2.62. The monoisotopic (exact) mass is 336 g/mol. The van der Waals surface area contributed by atoms with Crippen LogP contribution in [-0.2, 0) is 0 Å². The molecule has 0 bridgehead atoms. The fourth-order valence-electron chi connectivity index (χ4n) is 2.10. The molecule has 0 aliphatic heterocycles. The van der Waals surface area contributed by atoms with Gasteiger partial charge in [0.15, 0.2) is 23.1 Å². The molecule has 3 rings (SSSR count). The summed E-state index contributed by atoms with van der Waals surface area (Å²) >= 11 is 0. The quantitative estimate of drug-likeness (QED) is 0.489. The third-order valence-electron chi connectivity index (χ3n) is 3.32. The zero-order valence-corrected chi connectivity index (χ0v) is 13.4. The van der Waals surface area contributed by atoms with E-state index in [0.717, 1.165) is 0 Å². The highest BCUT2D eigenvalue weighted by atomic mass is 16.5. The number of nitrogen functional groups attached to an aromatic ring is 3. The number of pyridine rings is 1. The molecule has 0 saturated heterocycles. The second kappa shape index (κ2) is 6.79. The van der Waals surface area contributed by atoms with Gasteiger partial charge < -0.3 is 21.9 Å². The van der Waals surface area contributed by atoms with Crippen molar-refractivity contribution in [1.29, 1.82) is 0 Å². The van der Waals surface area contributed by atoms with Gasteiger partial charge in [-0.05, 0) is 24.3 Å². The molecule has 2 heterocycles. The Bertz CT molecular complexity index is 904. The Balaban J connectivity index is 1.96. The van der Waals surface area contributed by atoms with Crippen LogP contribution in [0.1, 0.15) is 0 Å². The summed E-state index contributed by atoms with van der Waals surface area (Å²) < 4.78 is 5.22. The van der Waals surface area contributed by atoms with E-state index in [-0.39, 0.29) is 17.3 Å². The van der Waals surface area contributed by atoms with Crippen LogP contribution in [0.2, 0.25) is 0 Å². The number of aromatic nitrogens is 3. The first-order chi connectivity index (χ1) is 12.1. The molecule has 0 saturated carbocycles. The number of nitrogens with zero attached hydrogens (tertiary/aromatic N) is 5. The van der Waals surface area contributed by atoms with E-state index in [1.807, 2.05) is 6.07 Å². The number of anilines is 3. The third-order valence-corrected chi connectivity index (χ3v) is 3.32. The van der Waals surface area contributed by atoms with Crippen molar-refractivity contribution in [3.63, 3.8) is 0 Å². The predicted molar refractivity (Wildman–Crippen MR) is 95.7 cm³/mol. The van der Waals surface area contributed by atoms with Gasteiger partial charge in [0.25, 0.3) is 0 Å². The number of nitrogens with two attached hydrogens (primary N) is 3. The lowest BCUT2D eigenvalue weighted by Crippen LogP contribution is -2.01. The number of hydrogen-bond acceptors (Lipinski definition) is 9. The van der Waals surface area contributed by atoms with E-state index >= 15 is 0 Å². The molecule has 0 fully saturated rings. The van der Waals surface area contributed by atoms with Crippen molar-refractivity contribution >= 4 is 28.7 Å². The first-order valence-corrected chi connectivity index (χ1v) is 7.27. The summed E-state index contributed by atoms with van der Waals surface area (Å²) in [6, 6.07) is 8.58. The lowest BCUT2D eigenvalue weighted by molar-refractivity contribution is 0.416. The van der Waals surface area contributed by atoms with Crippen LogP contribution in [0, 0.1) is 0 Å². The van der Waals surface area contributed by atoms with Crippen molar-refractivity contribution in [2.45, 2.75) is 0 Å². The van der Waals surface area contributed by atoms with Crippen LogP contribution in [0.15, 0.2) is 53.0 Å². The van der Waals surface area contributed by atoms with E-state index in [4.69, 9.17) is 21.9 Å². The Morgan fingerprint density at radius 3 is 2.40 bits per heavy atom. The van der Waals surface area contributed by atoms with Gasteiger partial charge in [-0.1, -0.05) is 0 Å². The molecule has 9 nitrogen and oxygen atoms in total. The molecule has 0 atom stereocenters. The van der Waals surface area contributed by atoms with Gasteiger partial charge in [0.1, 0.15) is 11.4 Å². The van der Waals surface area contributed by atoms with Crippen molar-refractivity contribution in [3.8, 4) is 17.1 Å². The van der Waals surface area contributed by atoms with Crippen LogP contribution in [0.5, 0.6) is 5.75 Å². The number of rotatable bonds is 4. The van der Waals surface area contributed by atoms with E-state index in [1.54, 1.807) is 36.7 Å². The number of benzene rings is 1. The van der Waals surface area contributed by atoms with Crippen LogP contribution in [0.4, 0.5) is 28.7 Å². The molecule has 2 aromatic heterocycles. The van der Waals surface area contributed by atoms with Gasteiger partial charge in [-0.2, -0.15) is 0 Å². The maximum atomic E-state index is 5.96. The summed E-state index contributed by atoms with van der Waals surface area (Å²) in [5.41, 5.74) is 19.6. The number of azo groups is 1. The summed E-state index contributed by atoms with van der Waals surface area (Å²) in [6.45, 7) is 0. The summed E-state index contributed by atoms with van der Waals surface area (Å²) in [5, 5.41) is 8.17. The number of ether oxygens (including phenoxy) is 1. The molecule has 0 radical (unpaired) electrons. The third kappa shape index (κ3) is 3.44. The fourth-order valence-corrected chi connectivity index (χ4v) is 2.10. The van der Waals surface area contributed by atoms with Crippen molar-refractivity contribution in [2.24, 2.45) is 10.2 Å². The Morgan fingerprint density at radius 2 is 1.76 bits per heavy atom. The number of methoxy groups -OCH3 is 1. The fraction of sp³-hybridized carbons (Fsp3) is 0.0625. The van der Waals surface area contributed by atoms with E-state index in [2.05, 4.69) is 25.2 Å². The summed E-state index contributed by atoms with van der Waals surface area (Å²) in [7, 11) is 1.52. The van der Waals surface area contributed by atoms with Crippen LogP contribution in [0.25, 0.3) is 11.4 Å². The van der Waals surface area contributed by atoms with E-state index in [9.17, 15) is 0 Å². The largest absolute Gasteiger partial charge is 0.494 e. The lowest BCUT2D eigenvalue weighted by Gasteiger charge is -2.07. The van der Waals surface area contributed by atoms with Crippen LogP contribution < -0.4 is 21.9 Å². The summed E-state index contributed by atoms with van der Waals surface area (Å²) in [4.78, 5) is 12.4. The van der Waals surface area contributed by atoms with Gasteiger partial charge in [-0.25, -0.2) is 9.97 Å². The van der Waals surface area contributed by atoms with Gasteiger partial charge in [0.05, 0.1) is 7.11 Å². The first-order valence-electron chi connectivity index (χ1n) is 7.27. The molecular weight excluding hydrogens is 320 g/mol. The highest BCUT2D eigenvalue weighted by molar-refractivity contribution is 5.73. The highest BCUT2D eigenvalue weighted by Gasteiger charge is 2.12. The van der Waals surface area contributed by atoms with Gasteiger partial charge >= 0.3 is 0 Å². The second-order valence-electron chi connectivity index (χ2n) is 5.04. The average molecular weight is 336 g/mol. The second-order valence-corrected chi connectivity index (χ2v) is 5.04.